The summed E-state index contributed by atoms with van der Waals surface area (Å²) in [4.78, 5) is 8.37. The molecule has 1 saturated heterocycles. The summed E-state index contributed by atoms with van der Waals surface area (Å²) in [7, 11) is 0. The maximum absolute atomic E-state index is 5.71. The van der Waals surface area contributed by atoms with Crippen molar-refractivity contribution in [2.24, 2.45) is 5.73 Å². The Morgan fingerprint density at radius 1 is 1.39 bits per heavy atom. The lowest BCUT2D eigenvalue weighted by atomic mass is 10.2. The molecule has 2 atom stereocenters. The van der Waals surface area contributed by atoms with E-state index in [1.54, 1.807) is 12.4 Å². The van der Waals surface area contributed by atoms with Gasteiger partial charge < -0.3 is 15.0 Å². The summed E-state index contributed by atoms with van der Waals surface area (Å²) in [5.74, 6) is 1.06. The van der Waals surface area contributed by atoms with Crippen LogP contribution in [0.5, 0.6) is 0 Å². The van der Waals surface area contributed by atoms with Crippen molar-refractivity contribution in [3.8, 4) is 11.4 Å². The molecule has 1 aliphatic rings. The first-order chi connectivity index (χ1) is 8.86. The summed E-state index contributed by atoms with van der Waals surface area (Å²) in [6, 6.07) is 3.72. The maximum atomic E-state index is 5.71. The number of nitrogens with zero attached hydrogens (tertiary/aromatic N) is 3. The summed E-state index contributed by atoms with van der Waals surface area (Å²) >= 11 is 0. The number of ether oxygens (including phenoxy) is 1. The highest BCUT2D eigenvalue weighted by Crippen LogP contribution is 2.32. The molecule has 0 amide bonds. The minimum atomic E-state index is -0.128. The van der Waals surface area contributed by atoms with Gasteiger partial charge >= 0.3 is 0 Å². The van der Waals surface area contributed by atoms with Crippen LogP contribution in [0.15, 0.2) is 29.0 Å². The lowest BCUT2D eigenvalue weighted by Crippen LogP contribution is -2.18. The predicted octanol–water partition coefficient (Wildman–Crippen LogP) is 1.31. The third kappa shape index (κ3) is 2.12. The molecular weight excluding hydrogens is 232 g/mol. The van der Waals surface area contributed by atoms with Crippen LogP contribution >= 0.6 is 0 Å². The van der Waals surface area contributed by atoms with E-state index in [4.69, 9.17) is 15.0 Å². The molecular formula is C12H14N4O2. The maximum Gasteiger partial charge on any atom is 0.256 e. The Hall–Kier alpha value is -1.79. The highest BCUT2D eigenvalue weighted by molar-refractivity contribution is 5.51. The van der Waals surface area contributed by atoms with E-state index < -0.39 is 0 Å². The minimum absolute atomic E-state index is 0.101. The Morgan fingerprint density at radius 2 is 2.33 bits per heavy atom. The molecule has 3 heterocycles. The zero-order valence-corrected chi connectivity index (χ0v) is 9.82. The topological polar surface area (TPSA) is 87.1 Å². The summed E-state index contributed by atoms with van der Waals surface area (Å²) in [5.41, 5.74) is 6.40. The van der Waals surface area contributed by atoms with Crippen molar-refractivity contribution in [3.63, 3.8) is 0 Å². The molecule has 94 valence electrons. The molecule has 2 N–H and O–H groups in total. The third-order valence-electron chi connectivity index (χ3n) is 3.01. The Balaban J connectivity index is 1.78. The van der Waals surface area contributed by atoms with Crippen LogP contribution < -0.4 is 5.73 Å². The Bertz CT molecular complexity index is 514. The van der Waals surface area contributed by atoms with Gasteiger partial charge in [-0.15, -0.1) is 0 Å². The number of hydrogen-bond donors (Lipinski definition) is 1. The molecule has 2 aromatic heterocycles. The fourth-order valence-corrected chi connectivity index (χ4v) is 2.04. The lowest BCUT2D eigenvalue weighted by Gasteiger charge is -2.07. The first-order valence-corrected chi connectivity index (χ1v) is 5.96. The van der Waals surface area contributed by atoms with Gasteiger partial charge in [0, 0.05) is 24.5 Å². The van der Waals surface area contributed by atoms with E-state index in [0.29, 0.717) is 18.3 Å². The average molecular weight is 246 g/mol. The number of pyridine rings is 1. The molecule has 6 heteroatoms. The predicted molar refractivity (Wildman–Crippen MR) is 63.4 cm³/mol. The van der Waals surface area contributed by atoms with Gasteiger partial charge in [0.05, 0.1) is 6.10 Å². The van der Waals surface area contributed by atoms with Crippen molar-refractivity contribution in [1.82, 2.24) is 15.1 Å². The molecule has 1 aliphatic heterocycles. The number of nitrogens with two attached hydrogens (primary N) is 1. The Labute approximate surface area is 104 Å². The van der Waals surface area contributed by atoms with Crippen LogP contribution in [0.1, 0.15) is 24.8 Å². The number of hydrogen-bond acceptors (Lipinski definition) is 6. The quantitative estimate of drug-likeness (QED) is 0.878. The second-order valence-corrected chi connectivity index (χ2v) is 4.26. The largest absolute Gasteiger partial charge is 0.364 e. The normalized spacial score (nSPS) is 23.4. The molecule has 2 unspecified atom stereocenters. The summed E-state index contributed by atoms with van der Waals surface area (Å²) in [6.45, 7) is 0.528. The summed E-state index contributed by atoms with van der Waals surface area (Å²) in [5, 5.41) is 3.94. The van der Waals surface area contributed by atoms with Gasteiger partial charge in [0.25, 0.3) is 5.89 Å². The smallest absolute Gasteiger partial charge is 0.256 e. The van der Waals surface area contributed by atoms with Gasteiger partial charge in [0.1, 0.15) is 6.10 Å². The Kier molecular flexibility index (Phi) is 3.04. The third-order valence-corrected chi connectivity index (χ3v) is 3.01. The number of rotatable bonds is 3. The molecule has 0 aliphatic carbocycles. The van der Waals surface area contributed by atoms with Crippen LogP contribution in [0.2, 0.25) is 0 Å². The first kappa shape index (κ1) is 11.3. The zero-order valence-electron chi connectivity index (χ0n) is 9.82. The van der Waals surface area contributed by atoms with E-state index in [0.717, 1.165) is 18.4 Å². The molecule has 0 radical (unpaired) electrons. The SMILES string of the molecule is NCC1CCC(c2nc(-c3cccnc3)no2)O1. The standard InChI is InChI=1S/C12H14N4O2/c13-6-9-3-4-10(17-9)12-15-11(16-18-12)8-2-1-5-14-7-8/h1-2,5,7,9-10H,3-4,6,13H2. The van der Waals surface area contributed by atoms with Gasteiger partial charge in [-0.1, -0.05) is 5.16 Å². The lowest BCUT2D eigenvalue weighted by molar-refractivity contribution is 0.0307. The van der Waals surface area contributed by atoms with Gasteiger partial charge in [-0.25, -0.2) is 0 Å². The van der Waals surface area contributed by atoms with E-state index in [9.17, 15) is 0 Å². The van der Waals surface area contributed by atoms with Crippen molar-refractivity contribution in [2.45, 2.75) is 25.0 Å². The van der Waals surface area contributed by atoms with Gasteiger partial charge in [-0.2, -0.15) is 4.98 Å². The van der Waals surface area contributed by atoms with Crippen molar-refractivity contribution in [3.05, 3.63) is 30.4 Å². The molecule has 2 aromatic rings. The van der Waals surface area contributed by atoms with Gasteiger partial charge in [-0.05, 0) is 25.0 Å². The highest BCUT2D eigenvalue weighted by atomic mass is 16.5. The molecule has 18 heavy (non-hydrogen) atoms. The van der Waals surface area contributed by atoms with Crippen LogP contribution in [0, 0.1) is 0 Å². The molecule has 1 fully saturated rings. The van der Waals surface area contributed by atoms with Crippen molar-refractivity contribution >= 4 is 0 Å². The van der Waals surface area contributed by atoms with Gasteiger partial charge in [0.15, 0.2) is 0 Å². The van der Waals surface area contributed by atoms with E-state index >= 15 is 0 Å². The molecule has 0 bridgehead atoms. The Morgan fingerprint density at radius 3 is 3.06 bits per heavy atom. The second-order valence-electron chi connectivity index (χ2n) is 4.26. The van der Waals surface area contributed by atoms with Crippen LogP contribution in [-0.2, 0) is 4.74 Å². The van der Waals surface area contributed by atoms with E-state index in [2.05, 4.69) is 15.1 Å². The first-order valence-electron chi connectivity index (χ1n) is 5.96. The van der Waals surface area contributed by atoms with Crippen LogP contribution in [-0.4, -0.2) is 27.8 Å². The second kappa shape index (κ2) is 4.83. The summed E-state index contributed by atoms with van der Waals surface area (Å²) < 4.78 is 11.0. The fourth-order valence-electron chi connectivity index (χ4n) is 2.04. The van der Waals surface area contributed by atoms with E-state index in [-0.39, 0.29) is 12.2 Å². The van der Waals surface area contributed by atoms with Crippen molar-refractivity contribution in [1.29, 1.82) is 0 Å². The average Bonchev–Trinajstić information content (AvgIpc) is 3.08. The molecule has 6 nitrogen and oxygen atoms in total. The molecule has 0 aromatic carbocycles. The van der Waals surface area contributed by atoms with Crippen molar-refractivity contribution < 1.29 is 9.26 Å². The highest BCUT2D eigenvalue weighted by Gasteiger charge is 2.29. The van der Waals surface area contributed by atoms with E-state index in [1.165, 1.54) is 0 Å². The van der Waals surface area contributed by atoms with Crippen LogP contribution in [0.4, 0.5) is 0 Å². The molecule has 0 saturated carbocycles. The number of aromatic nitrogens is 3. The van der Waals surface area contributed by atoms with Crippen LogP contribution in [0.25, 0.3) is 11.4 Å². The fraction of sp³-hybridized carbons (Fsp3) is 0.417. The minimum Gasteiger partial charge on any atom is -0.364 e. The monoisotopic (exact) mass is 246 g/mol. The van der Waals surface area contributed by atoms with Gasteiger partial charge in [0.2, 0.25) is 5.82 Å². The van der Waals surface area contributed by atoms with E-state index in [1.807, 2.05) is 12.1 Å². The molecule has 0 spiro atoms. The summed E-state index contributed by atoms with van der Waals surface area (Å²) in [6.07, 6.45) is 5.19. The zero-order chi connectivity index (χ0) is 12.4. The van der Waals surface area contributed by atoms with Crippen molar-refractivity contribution in [2.75, 3.05) is 6.54 Å². The molecule has 3 rings (SSSR count). The van der Waals surface area contributed by atoms with Crippen LogP contribution in [0.3, 0.4) is 0 Å². The van der Waals surface area contributed by atoms with Gasteiger partial charge in [-0.3, -0.25) is 4.98 Å².